The average Bonchev–Trinajstić information content (AvgIpc) is 3.25. The second kappa shape index (κ2) is 9.35. The number of carbonyl (C=O) groups is 1. The number of rotatable bonds is 8. The quantitative estimate of drug-likeness (QED) is 0.280. The van der Waals surface area contributed by atoms with E-state index in [-0.39, 0.29) is 23.1 Å². The van der Waals surface area contributed by atoms with Gasteiger partial charge in [0.05, 0.1) is 18.3 Å². The van der Waals surface area contributed by atoms with Gasteiger partial charge >= 0.3 is 0 Å². The number of amides is 1. The molecule has 2 aromatic carbocycles. The Morgan fingerprint density at radius 1 is 1.18 bits per heavy atom. The van der Waals surface area contributed by atoms with Crippen LogP contribution in [-0.4, -0.2) is 41.7 Å². The zero-order valence-corrected chi connectivity index (χ0v) is 18.5. The van der Waals surface area contributed by atoms with Crippen molar-refractivity contribution in [1.82, 2.24) is 10.2 Å². The first-order chi connectivity index (χ1) is 15.9. The number of benzene rings is 2. The molecule has 1 saturated carbocycles. The Morgan fingerprint density at radius 2 is 1.85 bits per heavy atom. The molecular weight excluding hydrogens is 416 g/mol. The summed E-state index contributed by atoms with van der Waals surface area (Å²) in [6.07, 6.45) is 0.832. The van der Waals surface area contributed by atoms with E-state index < -0.39 is 5.91 Å². The Balaban J connectivity index is 1.48. The van der Waals surface area contributed by atoms with Crippen molar-refractivity contribution in [2.75, 3.05) is 13.1 Å². The van der Waals surface area contributed by atoms with Gasteiger partial charge in [-0.15, -0.1) is 0 Å². The van der Waals surface area contributed by atoms with Crippen molar-refractivity contribution in [2.24, 2.45) is 23.3 Å². The summed E-state index contributed by atoms with van der Waals surface area (Å²) < 4.78 is 5.79. The van der Waals surface area contributed by atoms with Gasteiger partial charge in [-0.25, -0.2) is 0 Å². The summed E-state index contributed by atoms with van der Waals surface area (Å²) >= 11 is 0. The SMILES string of the molecule is CC1C2CN(CC#N)C1CC2N/C(N)=C(\C(=N)c1ccc(Oc2ccccc2)cc1)C(N)=O. The van der Waals surface area contributed by atoms with Crippen molar-refractivity contribution in [3.63, 3.8) is 0 Å². The smallest absolute Gasteiger partial charge is 0.254 e. The van der Waals surface area contributed by atoms with Crippen molar-refractivity contribution in [3.05, 3.63) is 71.6 Å². The molecule has 170 valence electrons. The first kappa shape index (κ1) is 22.4. The van der Waals surface area contributed by atoms with Crippen molar-refractivity contribution >= 4 is 11.6 Å². The lowest BCUT2D eigenvalue weighted by Crippen LogP contribution is -2.46. The molecule has 4 unspecified atom stereocenters. The minimum absolute atomic E-state index is 0.0314. The Hall–Kier alpha value is -3.83. The molecule has 0 radical (unpaired) electrons. The van der Waals surface area contributed by atoms with Crippen LogP contribution in [0.15, 0.2) is 66.0 Å². The molecule has 0 aromatic heterocycles. The number of hydrogen-bond donors (Lipinski definition) is 4. The predicted octanol–water partition coefficient (Wildman–Crippen LogP) is 2.32. The monoisotopic (exact) mass is 444 g/mol. The summed E-state index contributed by atoms with van der Waals surface area (Å²) in [5.74, 6) is 1.44. The standard InChI is InChI=1S/C25H28N6O2/c1-15-19-14-31(12-11-26)21(15)13-20(19)30-24(28)22(25(29)32)23(27)16-7-9-18(10-8-16)33-17-5-3-2-4-6-17/h2-10,15,19-21,27,30H,12-14,28H2,1H3,(H2,29,32)/b24-22+,27-23?. The highest BCUT2D eigenvalue weighted by molar-refractivity contribution is 6.26. The van der Waals surface area contributed by atoms with Crippen LogP contribution in [0.3, 0.4) is 0 Å². The fourth-order valence-corrected chi connectivity index (χ4v) is 5.04. The number of nitrogens with two attached hydrogens (primary N) is 2. The summed E-state index contributed by atoms with van der Waals surface area (Å²) in [6.45, 7) is 3.42. The lowest BCUT2D eigenvalue weighted by Gasteiger charge is -2.31. The minimum atomic E-state index is -0.753. The van der Waals surface area contributed by atoms with Gasteiger partial charge in [0.2, 0.25) is 0 Å². The molecule has 8 nitrogen and oxygen atoms in total. The molecule has 2 aromatic rings. The lowest BCUT2D eigenvalue weighted by atomic mass is 9.96. The number of fused-ring (bicyclic) bond motifs is 2. The number of nitrogens with one attached hydrogen (secondary N) is 2. The van der Waals surface area contributed by atoms with Crippen LogP contribution in [0, 0.1) is 28.6 Å². The van der Waals surface area contributed by atoms with Crippen molar-refractivity contribution in [1.29, 1.82) is 10.7 Å². The Kier molecular flexibility index (Phi) is 6.33. The highest BCUT2D eigenvalue weighted by Gasteiger charge is 2.50. The van der Waals surface area contributed by atoms with Crippen LogP contribution in [0.1, 0.15) is 18.9 Å². The van der Waals surface area contributed by atoms with Crippen LogP contribution in [0.2, 0.25) is 0 Å². The largest absolute Gasteiger partial charge is 0.457 e. The molecule has 2 fully saturated rings. The topological polar surface area (TPSA) is 141 Å². The Morgan fingerprint density at radius 3 is 2.42 bits per heavy atom. The van der Waals surface area contributed by atoms with Gasteiger partial charge in [0.15, 0.2) is 0 Å². The molecule has 33 heavy (non-hydrogen) atoms. The molecule has 0 spiro atoms. The molecule has 4 rings (SSSR count). The number of ether oxygens (including phenoxy) is 1. The third-order valence-corrected chi connectivity index (χ3v) is 6.71. The van der Waals surface area contributed by atoms with Gasteiger partial charge in [-0.2, -0.15) is 5.26 Å². The first-order valence-corrected chi connectivity index (χ1v) is 11.0. The summed E-state index contributed by atoms with van der Waals surface area (Å²) in [4.78, 5) is 14.4. The molecule has 6 N–H and O–H groups in total. The Labute approximate surface area is 193 Å². The fraction of sp³-hybridized carbons (Fsp3) is 0.320. The van der Waals surface area contributed by atoms with E-state index in [0.717, 1.165) is 13.0 Å². The maximum absolute atomic E-state index is 12.2. The normalized spacial score (nSPS) is 24.6. The van der Waals surface area contributed by atoms with Gasteiger partial charge in [-0.1, -0.05) is 25.1 Å². The van der Waals surface area contributed by atoms with Crippen LogP contribution in [0.4, 0.5) is 0 Å². The van der Waals surface area contributed by atoms with Crippen molar-refractivity contribution < 1.29 is 9.53 Å². The van der Waals surface area contributed by atoms with E-state index in [1.54, 1.807) is 24.3 Å². The number of nitriles is 1. The molecule has 1 saturated heterocycles. The minimum Gasteiger partial charge on any atom is -0.457 e. The number of piperidine rings is 1. The number of primary amides is 1. The van der Waals surface area contributed by atoms with E-state index in [1.807, 2.05) is 30.3 Å². The molecule has 8 heteroatoms. The lowest BCUT2D eigenvalue weighted by molar-refractivity contribution is -0.114. The zero-order chi connectivity index (χ0) is 23.5. The van der Waals surface area contributed by atoms with Gasteiger partial charge in [-0.05, 0) is 54.7 Å². The number of carbonyl (C=O) groups excluding carboxylic acids is 1. The fourth-order valence-electron chi connectivity index (χ4n) is 5.04. The number of hydrogen-bond acceptors (Lipinski definition) is 7. The molecule has 1 heterocycles. The van der Waals surface area contributed by atoms with Crippen LogP contribution in [0.25, 0.3) is 0 Å². The number of para-hydroxylation sites is 1. The van der Waals surface area contributed by atoms with Gasteiger partial charge in [0.1, 0.15) is 22.9 Å². The first-order valence-electron chi connectivity index (χ1n) is 11.0. The van der Waals surface area contributed by atoms with E-state index in [2.05, 4.69) is 23.2 Å². The summed E-state index contributed by atoms with van der Waals surface area (Å²) in [7, 11) is 0. The van der Waals surface area contributed by atoms with E-state index >= 15 is 0 Å². The van der Waals surface area contributed by atoms with Gasteiger partial charge in [0, 0.05) is 24.2 Å². The van der Waals surface area contributed by atoms with Crippen LogP contribution in [0.5, 0.6) is 11.5 Å². The second-order valence-corrected chi connectivity index (χ2v) is 8.63. The van der Waals surface area contributed by atoms with E-state index in [1.165, 1.54) is 0 Å². The summed E-state index contributed by atoms with van der Waals surface area (Å²) in [5.41, 5.74) is 12.3. The summed E-state index contributed by atoms with van der Waals surface area (Å²) in [6, 6.07) is 18.9. The van der Waals surface area contributed by atoms with Gasteiger partial charge in [-0.3, -0.25) is 15.1 Å². The zero-order valence-electron chi connectivity index (χ0n) is 18.5. The molecule has 4 atom stereocenters. The predicted molar refractivity (Wildman–Crippen MR) is 125 cm³/mol. The second-order valence-electron chi connectivity index (χ2n) is 8.63. The summed E-state index contributed by atoms with van der Waals surface area (Å²) in [5, 5.41) is 20.9. The highest BCUT2D eigenvalue weighted by atomic mass is 16.5. The molecule has 1 amide bonds. The van der Waals surface area contributed by atoms with Crippen LogP contribution < -0.4 is 21.5 Å². The van der Waals surface area contributed by atoms with Crippen molar-refractivity contribution in [2.45, 2.75) is 25.4 Å². The third kappa shape index (κ3) is 4.54. The molecule has 1 aliphatic heterocycles. The van der Waals surface area contributed by atoms with E-state index in [0.29, 0.717) is 41.5 Å². The van der Waals surface area contributed by atoms with Crippen molar-refractivity contribution in [3.8, 4) is 17.6 Å². The highest BCUT2D eigenvalue weighted by Crippen LogP contribution is 2.42. The van der Waals surface area contributed by atoms with Gasteiger partial charge < -0.3 is 21.5 Å². The molecule has 2 bridgehead atoms. The van der Waals surface area contributed by atoms with Crippen LogP contribution >= 0.6 is 0 Å². The van der Waals surface area contributed by atoms with Gasteiger partial charge in [0.25, 0.3) is 5.91 Å². The van der Waals surface area contributed by atoms with Crippen LogP contribution in [-0.2, 0) is 4.79 Å². The maximum atomic E-state index is 12.2. The van der Waals surface area contributed by atoms with E-state index in [4.69, 9.17) is 26.9 Å². The molecule has 1 aliphatic carbocycles. The third-order valence-electron chi connectivity index (χ3n) is 6.71. The molecule has 2 aliphatic rings. The Bertz CT molecular complexity index is 1110. The maximum Gasteiger partial charge on any atom is 0.254 e. The molecular formula is C25H28N6O2. The average molecular weight is 445 g/mol. The number of likely N-dealkylation sites (tertiary alicyclic amines) is 1. The number of nitrogens with zero attached hydrogens (tertiary/aromatic N) is 2. The van der Waals surface area contributed by atoms with E-state index in [9.17, 15) is 4.79 Å².